The number of carbonyl (C=O) groups excluding carboxylic acids is 2. The predicted octanol–water partition coefficient (Wildman–Crippen LogP) is 8.33. The number of hydrogen-bond acceptors (Lipinski definition) is 5. The fraction of sp³-hybridized carbons (Fsp3) is 0.688. The summed E-state index contributed by atoms with van der Waals surface area (Å²) < 4.78 is 10.4. The molecule has 0 aromatic rings. The molecular formula is C32H54O5. The van der Waals surface area contributed by atoms with Crippen LogP contribution in [0.3, 0.4) is 0 Å². The molecule has 1 atom stereocenters. The summed E-state index contributed by atoms with van der Waals surface area (Å²) in [5.41, 5.74) is 0. The molecule has 0 fully saturated rings. The monoisotopic (exact) mass is 518 g/mol. The lowest BCUT2D eigenvalue weighted by Crippen LogP contribution is -2.28. The number of aliphatic hydroxyl groups is 1. The van der Waals surface area contributed by atoms with E-state index in [0.29, 0.717) is 12.8 Å². The highest BCUT2D eigenvalue weighted by Gasteiger charge is 2.15. The zero-order valence-electron chi connectivity index (χ0n) is 23.7. The topological polar surface area (TPSA) is 72.8 Å². The number of hydrogen-bond donors (Lipinski definition) is 1. The molecule has 0 aliphatic heterocycles. The highest BCUT2D eigenvalue weighted by molar-refractivity contribution is 5.70. The molecule has 0 aliphatic rings. The van der Waals surface area contributed by atoms with Gasteiger partial charge in [0.1, 0.15) is 6.61 Å². The van der Waals surface area contributed by atoms with Crippen molar-refractivity contribution in [3.8, 4) is 0 Å². The highest BCUT2D eigenvalue weighted by Crippen LogP contribution is 2.11. The van der Waals surface area contributed by atoms with Gasteiger partial charge in [-0.25, -0.2) is 0 Å². The van der Waals surface area contributed by atoms with Crippen molar-refractivity contribution in [2.75, 3.05) is 13.2 Å². The zero-order chi connectivity index (χ0) is 27.2. The predicted molar refractivity (Wildman–Crippen MR) is 154 cm³/mol. The molecular weight excluding hydrogens is 464 g/mol. The van der Waals surface area contributed by atoms with Gasteiger partial charge in [-0.2, -0.15) is 0 Å². The van der Waals surface area contributed by atoms with E-state index in [1.807, 2.05) is 12.2 Å². The third kappa shape index (κ3) is 26.7. The Kier molecular flexibility index (Phi) is 26.8. The molecule has 0 aliphatic carbocycles. The van der Waals surface area contributed by atoms with Gasteiger partial charge in [-0.3, -0.25) is 9.59 Å². The van der Waals surface area contributed by atoms with Crippen LogP contribution in [0.2, 0.25) is 0 Å². The van der Waals surface area contributed by atoms with Gasteiger partial charge < -0.3 is 14.6 Å². The quantitative estimate of drug-likeness (QED) is 0.0747. The Morgan fingerprint density at radius 3 is 1.70 bits per heavy atom. The van der Waals surface area contributed by atoms with Crippen LogP contribution in [-0.2, 0) is 19.1 Å². The van der Waals surface area contributed by atoms with Crippen LogP contribution in [0.25, 0.3) is 0 Å². The lowest BCUT2D eigenvalue weighted by atomic mass is 10.1. The normalized spacial score (nSPS) is 12.8. The maximum Gasteiger partial charge on any atom is 0.306 e. The molecule has 1 unspecified atom stereocenters. The zero-order valence-corrected chi connectivity index (χ0v) is 23.7. The first-order valence-electron chi connectivity index (χ1n) is 14.7. The first kappa shape index (κ1) is 34.9. The van der Waals surface area contributed by atoms with Gasteiger partial charge in [0.15, 0.2) is 6.10 Å². The van der Waals surface area contributed by atoms with Crippen molar-refractivity contribution in [1.29, 1.82) is 0 Å². The van der Waals surface area contributed by atoms with Gasteiger partial charge in [-0.05, 0) is 38.5 Å². The van der Waals surface area contributed by atoms with E-state index >= 15 is 0 Å². The molecule has 0 aromatic carbocycles. The highest BCUT2D eigenvalue weighted by atomic mass is 16.6. The summed E-state index contributed by atoms with van der Waals surface area (Å²) in [5, 5.41) is 9.44. The molecule has 0 saturated heterocycles. The minimum absolute atomic E-state index is 0.0944. The van der Waals surface area contributed by atoms with Crippen molar-refractivity contribution in [2.45, 2.75) is 129 Å². The minimum Gasteiger partial charge on any atom is -0.462 e. The average Bonchev–Trinajstić information content (AvgIpc) is 2.90. The maximum atomic E-state index is 12.0. The Morgan fingerprint density at radius 2 is 1.16 bits per heavy atom. The Bertz CT molecular complexity index is 648. The van der Waals surface area contributed by atoms with Crippen LogP contribution in [0.5, 0.6) is 0 Å². The van der Waals surface area contributed by atoms with Crippen LogP contribution in [0, 0.1) is 0 Å². The van der Waals surface area contributed by atoms with Crippen LogP contribution in [0.4, 0.5) is 0 Å². The van der Waals surface area contributed by atoms with E-state index in [9.17, 15) is 14.7 Å². The van der Waals surface area contributed by atoms with Crippen molar-refractivity contribution in [3.05, 3.63) is 48.6 Å². The molecule has 0 aromatic heterocycles. The van der Waals surface area contributed by atoms with E-state index < -0.39 is 12.1 Å². The van der Waals surface area contributed by atoms with E-state index in [1.54, 1.807) is 0 Å². The fourth-order valence-corrected chi connectivity index (χ4v) is 3.68. The van der Waals surface area contributed by atoms with Crippen molar-refractivity contribution < 1.29 is 24.2 Å². The van der Waals surface area contributed by atoms with Crippen LogP contribution >= 0.6 is 0 Å². The second-order valence-corrected chi connectivity index (χ2v) is 9.45. The number of esters is 2. The number of carbonyl (C=O) groups is 2. The first-order chi connectivity index (χ1) is 18.1. The van der Waals surface area contributed by atoms with Gasteiger partial charge in [0, 0.05) is 12.8 Å². The number of rotatable bonds is 25. The summed E-state index contributed by atoms with van der Waals surface area (Å²) in [4.78, 5) is 23.9. The maximum absolute atomic E-state index is 12.0. The summed E-state index contributed by atoms with van der Waals surface area (Å²) >= 11 is 0. The summed E-state index contributed by atoms with van der Waals surface area (Å²) in [7, 11) is 0. The smallest absolute Gasteiger partial charge is 0.306 e. The molecule has 212 valence electrons. The molecule has 0 amide bonds. The van der Waals surface area contributed by atoms with Gasteiger partial charge in [0.2, 0.25) is 0 Å². The second-order valence-electron chi connectivity index (χ2n) is 9.45. The van der Waals surface area contributed by atoms with Crippen LogP contribution in [-0.4, -0.2) is 36.4 Å². The SMILES string of the molecule is CC/C=C\C/C=C\C/C=C\C/C=C\CCC(=O)OC(CO)COC(=O)CCCCCCCCCCCC. The molecule has 0 radical (unpaired) electrons. The van der Waals surface area contributed by atoms with E-state index in [2.05, 4.69) is 50.3 Å². The van der Waals surface area contributed by atoms with Crippen molar-refractivity contribution in [1.82, 2.24) is 0 Å². The Labute approximate surface area is 227 Å². The lowest BCUT2D eigenvalue weighted by Gasteiger charge is -2.15. The standard InChI is InChI=1S/C32H54O5/c1-3-5-7-9-11-13-15-16-17-19-21-23-25-27-32(35)37-30(28-33)29-36-31(34)26-24-22-20-18-14-12-10-8-6-4-2/h5,7,11,13,16-17,21,23,30,33H,3-4,6,8-10,12,14-15,18-20,22,24-29H2,1-2H3/b7-5-,13-11-,17-16-,23-21-. The second kappa shape index (κ2) is 28.4. The van der Waals surface area contributed by atoms with Crippen LogP contribution in [0.15, 0.2) is 48.6 Å². The number of ether oxygens (including phenoxy) is 2. The van der Waals surface area contributed by atoms with Gasteiger partial charge in [-0.1, -0.05) is 120 Å². The Hall–Kier alpha value is -2.14. The fourth-order valence-electron chi connectivity index (χ4n) is 3.68. The van der Waals surface area contributed by atoms with E-state index in [-0.39, 0.29) is 25.6 Å². The number of aliphatic hydroxyl groups excluding tert-OH is 1. The van der Waals surface area contributed by atoms with E-state index in [4.69, 9.17) is 9.47 Å². The molecule has 37 heavy (non-hydrogen) atoms. The van der Waals surface area contributed by atoms with Gasteiger partial charge in [-0.15, -0.1) is 0 Å². The third-order valence-corrected chi connectivity index (χ3v) is 5.90. The molecule has 5 heteroatoms. The summed E-state index contributed by atoms with van der Waals surface area (Å²) in [6.45, 7) is 3.91. The van der Waals surface area contributed by atoms with Crippen molar-refractivity contribution in [2.24, 2.45) is 0 Å². The molecule has 0 saturated carbocycles. The first-order valence-corrected chi connectivity index (χ1v) is 14.7. The lowest BCUT2D eigenvalue weighted by molar-refractivity contribution is -0.161. The molecule has 1 N–H and O–H groups in total. The Balaban J connectivity index is 3.76. The van der Waals surface area contributed by atoms with Gasteiger partial charge >= 0.3 is 11.9 Å². The summed E-state index contributed by atoms with van der Waals surface area (Å²) in [5.74, 6) is -0.693. The molecule has 5 nitrogen and oxygen atoms in total. The van der Waals surface area contributed by atoms with Crippen LogP contribution < -0.4 is 0 Å². The molecule has 0 rings (SSSR count). The number of unbranched alkanes of at least 4 members (excludes halogenated alkanes) is 9. The Morgan fingerprint density at radius 1 is 0.649 bits per heavy atom. The molecule has 0 spiro atoms. The van der Waals surface area contributed by atoms with Gasteiger partial charge in [0.25, 0.3) is 0 Å². The average molecular weight is 519 g/mol. The van der Waals surface area contributed by atoms with Crippen molar-refractivity contribution in [3.63, 3.8) is 0 Å². The summed E-state index contributed by atoms with van der Waals surface area (Å²) in [6, 6.07) is 0. The molecule has 0 heterocycles. The van der Waals surface area contributed by atoms with E-state index in [0.717, 1.165) is 44.9 Å². The van der Waals surface area contributed by atoms with Gasteiger partial charge in [0.05, 0.1) is 6.61 Å². The number of allylic oxidation sites excluding steroid dienone is 8. The minimum atomic E-state index is -0.804. The largest absolute Gasteiger partial charge is 0.462 e. The van der Waals surface area contributed by atoms with Crippen LogP contribution in [0.1, 0.15) is 123 Å². The third-order valence-electron chi connectivity index (χ3n) is 5.90. The van der Waals surface area contributed by atoms with Crippen molar-refractivity contribution >= 4 is 11.9 Å². The summed E-state index contributed by atoms with van der Waals surface area (Å²) in [6.07, 6.45) is 33.2. The van der Waals surface area contributed by atoms with E-state index in [1.165, 1.54) is 44.9 Å². The molecule has 0 bridgehead atoms.